The number of hydrogen-bond acceptors (Lipinski definition) is 0. The van der Waals surface area contributed by atoms with E-state index in [0.29, 0.717) is 12.0 Å². The summed E-state index contributed by atoms with van der Waals surface area (Å²) in [5.74, 6) is -0.652. The van der Waals surface area contributed by atoms with Gasteiger partial charge in [-0.25, -0.2) is 13.2 Å². The van der Waals surface area contributed by atoms with E-state index in [2.05, 4.69) is 0 Å². The van der Waals surface area contributed by atoms with Gasteiger partial charge in [0.25, 0.3) is 0 Å². The summed E-state index contributed by atoms with van der Waals surface area (Å²) in [4.78, 5) is 0. The van der Waals surface area contributed by atoms with Crippen LogP contribution in [0.15, 0.2) is 12.1 Å². The second-order valence-electron chi connectivity index (χ2n) is 9.29. The minimum absolute atomic E-state index is 0.568. The van der Waals surface area contributed by atoms with Gasteiger partial charge in [-0.15, -0.1) is 0 Å². The van der Waals surface area contributed by atoms with Crippen molar-refractivity contribution < 1.29 is 13.2 Å². The lowest BCUT2D eigenvalue weighted by Gasteiger charge is -2.38. The Kier molecular flexibility index (Phi) is 8.73. The molecule has 0 aromatic heterocycles. The maximum absolute atomic E-state index is 13.3. The molecule has 0 nitrogen and oxygen atoms in total. The molecular formula is C25H37F3. The number of hydrogen-bond donors (Lipinski definition) is 0. The first-order valence-electron chi connectivity index (χ1n) is 11.8. The van der Waals surface area contributed by atoms with Crippen LogP contribution in [0.3, 0.4) is 0 Å². The van der Waals surface area contributed by atoms with Crippen molar-refractivity contribution in [1.82, 2.24) is 0 Å². The van der Waals surface area contributed by atoms with Crippen LogP contribution in [0.4, 0.5) is 13.2 Å². The third kappa shape index (κ3) is 6.26. The summed E-state index contributed by atoms with van der Waals surface area (Å²) in [5, 5.41) is 0. The lowest BCUT2D eigenvalue weighted by Crippen LogP contribution is -2.27. The molecule has 2 saturated carbocycles. The highest BCUT2D eigenvalue weighted by molar-refractivity contribution is 5.19. The molecule has 0 unspecified atom stereocenters. The first-order valence-corrected chi connectivity index (χ1v) is 11.8. The summed E-state index contributed by atoms with van der Waals surface area (Å²) in [5.41, 5.74) is 0.568. The quantitative estimate of drug-likeness (QED) is 0.291. The molecule has 0 bridgehead atoms. The van der Waals surface area contributed by atoms with Crippen molar-refractivity contribution in [1.29, 1.82) is 0 Å². The first kappa shape index (κ1) is 21.7. The van der Waals surface area contributed by atoms with Crippen LogP contribution in [-0.2, 0) is 6.42 Å². The van der Waals surface area contributed by atoms with Gasteiger partial charge in [0.15, 0.2) is 17.5 Å². The zero-order valence-electron chi connectivity index (χ0n) is 17.3. The summed E-state index contributed by atoms with van der Waals surface area (Å²) in [6.07, 6.45) is 20.8. The van der Waals surface area contributed by atoms with Gasteiger partial charge < -0.3 is 0 Å². The molecule has 2 aliphatic carbocycles. The van der Waals surface area contributed by atoms with Gasteiger partial charge in [0.1, 0.15) is 0 Å². The van der Waals surface area contributed by atoms with E-state index < -0.39 is 17.5 Å². The molecule has 0 N–H and O–H groups in total. The Hall–Kier alpha value is -0.990. The molecule has 1 aromatic carbocycles. The molecular weight excluding hydrogens is 357 g/mol. The Labute approximate surface area is 169 Å². The summed E-state index contributed by atoms with van der Waals surface area (Å²) >= 11 is 0. The van der Waals surface area contributed by atoms with Crippen LogP contribution in [0.2, 0.25) is 0 Å². The van der Waals surface area contributed by atoms with Gasteiger partial charge in [-0.05, 0) is 54.7 Å². The van der Waals surface area contributed by atoms with Crippen LogP contribution >= 0.6 is 0 Å². The molecule has 28 heavy (non-hydrogen) atoms. The van der Waals surface area contributed by atoms with Crippen molar-refractivity contribution in [3.05, 3.63) is 35.1 Å². The van der Waals surface area contributed by atoms with E-state index in [1.807, 2.05) is 0 Å². The fraction of sp³-hybridized carbons (Fsp3) is 0.760. The highest BCUT2D eigenvalue weighted by Gasteiger charge is 2.30. The van der Waals surface area contributed by atoms with E-state index in [4.69, 9.17) is 0 Å². The second-order valence-corrected chi connectivity index (χ2v) is 9.29. The van der Waals surface area contributed by atoms with Crippen LogP contribution in [0.1, 0.15) is 102 Å². The van der Waals surface area contributed by atoms with Crippen molar-refractivity contribution in [3.8, 4) is 0 Å². The molecule has 0 atom stereocenters. The van der Waals surface area contributed by atoms with Gasteiger partial charge >= 0.3 is 0 Å². The molecule has 1 aromatic rings. The number of rotatable bonds is 9. The lowest BCUT2D eigenvalue weighted by atomic mass is 9.68. The van der Waals surface area contributed by atoms with Crippen LogP contribution in [0.25, 0.3) is 0 Å². The minimum atomic E-state index is -1.36. The smallest absolute Gasteiger partial charge is 0.194 e. The van der Waals surface area contributed by atoms with E-state index in [9.17, 15) is 13.2 Å². The molecule has 158 valence electrons. The van der Waals surface area contributed by atoms with Gasteiger partial charge in [0.05, 0.1) is 0 Å². The number of halogens is 3. The summed E-state index contributed by atoms with van der Waals surface area (Å²) in [6, 6.07) is 2.28. The fourth-order valence-corrected chi connectivity index (χ4v) is 5.80. The van der Waals surface area contributed by atoms with E-state index in [1.54, 1.807) is 0 Å². The third-order valence-electron chi connectivity index (χ3n) is 7.31. The van der Waals surface area contributed by atoms with Gasteiger partial charge in [-0.1, -0.05) is 83.5 Å². The molecule has 0 amide bonds. The summed E-state index contributed by atoms with van der Waals surface area (Å²) in [6.45, 7) is 0. The zero-order chi connectivity index (χ0) is 19.8. The molecule has 0 spiro atoms. The lowest BCUT2D eigenvalue weighted by molar-refractivity contribution is 0.131. The van der Waals surface area contributed by atoms with Crippen LogP contribution < -0.4 is 0 Å². The summed E-state index contributed by atoms with van der Waals surface area (Å²) in [7, 11) is 0. The van der Waals surface area contributed by atoms with Crippen molar-refractivity contribution in [2.45, 2.75) is 103 Å². The highest BCUT2D eigenvalue weighted by Crippen LogP contribution is 2.42. The number of aryl methyl sites for hydroxylation is 1. The van der Waals surface area contributed by atoms with Gasteiger partial charge in [-0.2, -0.15) is 0 Å². The Bertz CT molecular complexity index is 544. The highest BCUT2D eigenvalue weighted by atomic mass is 19.2. The van der Waals surface area contributed by atoms with Crippen molar-refractivity contribution in [2.24, 2.45) is 17.8 Å². The van der Waals surface area contributed by atoms with Crippen LogP contribution in [0, 0.1) is 35.2 Å². The average Bonchev–Trinajstić information content (AvgIpc) is 2.72. The molecule has 3 heteroatoms. The third-order valence-corrected chi connectivity index (χ3v) is 7.31. The molecule has 2 aliphatic rings. The van der Waals surface area contributed by atoms with Crippen LogP contribution in [-0.4, -0.2) is 0 Å². The SMILES string of the molecule is Fc1cc(CCCCCCC(C2CCCCC2)C2CCCCC2)cc(F)c1F. The number of benzene rings is 1. The van der Waals surface area contributed by atoms with Gasteiger partial charge in [0.2, 0.25) is 0 Å². The molecule has 0 aliphatic heterocycles. The Morgan fingerprint density at radius 1 is 0.679 bits per heavy atom. The topological polar surface area (TPSA) is 0 Å². The minimum Gasteiger partial charge on any atom is -0.204 e. The molecule has 0 radical (unpaired) electrons. The fourth-order valence-electron chi connectivity index (χ4n) is 5.80. The Balaban J connectivity index is 1.40. The van der Waals surface area contributed by atoms with E-state index in [1.165, 1.54) is 83.5 Å². The predicted octanol–water partition coefficient (Wildman–Crippen LogP) is 8.37. The molecule has 2 fully saturated rings. The molecule has 0 saturated heterocycles. The Morgan fingerprint density at radius 3 is 1.71 bits per heavy atom. The predicted molar refractivity (Wildman–Crippen MR) is 110 cm³/mol. The molecule has 0 heterocycles. The monoisotopic (exact) mass is 394 g/mol. The molecule has 3 rings (SSSR count). The second kappa shape index (κ2) is 11.3. The first-order chi connectivity index (χ1) is 13.6. The van der Waals surface area contributed by atoms with Crippen LogP contribution in [0.5, 0.6) is 0 Å². The van der Waals surface area contributed by atoms with Gasteiger partial charge in [-0.3, -0.25) is 0 Å². The zero-order valence-corrected chi connectivity index (χ0v) is 17.3. The summed E-state index contributed by atoms with van der Waals surface area (Å²) < 4.78 is 39.6. The number of unbranched alkanes of at least 4 members (excludes halogenated alkanes) is 3. The maximum atomic E-state index is 13.3. The largest absolute Gasteiger partial charge is 0.204 e. The average molecular weight is 395 g/mol. The van der Waals surface area contributed by atoms with Gasteiger partial charge in [0, 0.05) is 0 Å². The normalized spacial score (nSPS) is 19.4. The van der Waals surface area contributed by atoms with E-state index >= 15 is 0 Å². The maximum Gasteiger partial charge on any atom is 0.194 e. The van der Waals surface area contributed by atoms with Crippen molar-refractivity contribution >= 4 is 0 Å². The Morgan fingerprint density at radius 2 is 1.18 bits per heavy atom. The van der Waals surface area contributed by atoms with Crippen molar-refractivity contribution in [2.75, 3.05) is 0 Å². The van der Waals surface area contributed by atoms with E-state index in [-0.39, 0.29) is 0 Å². The van der Waals surface area contributed by atoms with Crippen molar-refractivity contribution in [3.63, 3.8) is 0 Å². The van der Waals surface area contributed by atoms with E-state index in [0.717, 1.165) is 42.7 Å². The standard InChI is InChI=1S/C25H37F3/c26-23-17-19(18-24(27)25(23)28)11-5-1-2-10-16-22(20-12-6-3-7-13-20)21-14-8-4-9-15-21/h17-18,20-22H,1-16H2.